The molecule has 2 nitrogen and oxygen atoms in total. The summed E-state index contributed by atoms with van der Waals surface area (Å²) in [4.78, 5) is 9.69. The van der Waals surface area contributed by atoms with Gasteiger partial charge in [0, 0.05) is 28.6 Å². The minimum Gasteiger partial charge on any atom is -0.260 e. The van der Waals surface area contributed by atoms with E-state index < -0.39 is 0 Å². The maximum Gasteiger partial charge on any atom is 0.0778 e. The number of nitrogens with zero attached hydrogens (tertiary/aromatic N) is 2. The molecule has 1 aliphatic heterocycles. The van der Waals surface area contributed by atoms with E-state index in [-0.39, 0.29) is 0 Å². The molecule has 1 aliphatic rings. The predicted molar refractivity (Wildman–Crippen MR) is 93.9 cm³/mol. The van der Waals surface area contributed by atoms with Gasteiger partial charge in [-0.15, -0.1) is 0 Å². The van der Waals surface area contributed by atoms with E-state index in [4.69, 9.17) is 9.98 Å². The highest BCUT2D eigenvalue weighted by atomic mass is 32.2. The number of hydrogen-bond donors (Lipinski definition) is 0. The summed E-state index contributed by atoms with van der Waals surface area (Å²) in [6, 6.07) is 8.41. The fourth-order valence-electron chi connectivity index (χ4n) is 2.77. The molecule has 1 aromatic heterocycles. The first-order valence-electron chi connectivity index (χ1n) is 7.91. The Labute approximate surface area is 131 Å². The van der Waals surface area contributed by atoms with Gasteiger partial charge >= 0.3 is 0 Å². The predicted octanol–water partition coefficient (Wildman–Crippen LogP) is 5.31. The molecule has 3 rings (SSSR count). The van der Waals surface area contributed by atoms with Gasteiger partial charge in [-0.25, -0.2) is 0 Å². The molecule has 2 aromatic rings. The van der Waals surface area contributed by atoms with Gasteiger partial charge in [-0.05, 0) is 31.1 Å². The number of aliphatic imine (C=N–C) groups is 1. The average Bonchev–Trinajstić information content (AvgIpc) is 2.53. The van der Waals surface area contributed by atoms with Crippen LogP contribution in [0.25, 0.3) is 10.9 Å². The molecule has 0 saturated heterocycles. The number of fused-ring (bicyclic) bond motifs is 2. The summed E-state index contributed by atoms with van der Waals surface area (Å²) in [5.74, 6) is 2.23. The second kappa shape index (κ2) is 7.08. The molecule has 0 saturated carbocycles. The minimum absolute atomic E-state index is 1.05. The molecule has 21 heavy (non-hydrogen) atoms. The lowest BCUT2D eigenvalue weighted by molar-refractivity contribution is 0.746. The third-order valence-electron chi connectivity index (χ3n) is 3.94. The van der Waals surface area contributed by atoms with Crippen molar-refractivity contribution in [3.63, 3.8) is 0 Å². The van der Waals surface area contributed by atoms with Crippen LogP contribution in [0.5, 0.6) is 0 Å². The van der Waals surface area contributed by atoms with Gasteiger partial charge in [0.25, 0.3) is 0 Å². The minimum atomic E-state index is 1.05. The molecule has 0 bridgehead atoms. The third-order valence-corrected chi connectivity index (χ3v) is 4.92. The first kappa shape index (κ1) is 14.6. The lowest BCUT2D eigenvalue weighted by Crippen LogP contribution is -2.06. The van der Waals surface area contributed by atoms with E-state index >= 15 is 0 Å². The Balaban J connectivity index is 1.97. The molecular weight excluding hydrogens is 276 g/mol. The van der Waals surface area contributed by atoms with Gasteiger partial charge in [0.2, 0.25) is 0 Å². The SMILES string of the molecule is CCCCC/C=N\c1c2c(nc3ccccc13)CCSC2. The molecule has 0 radical (unpaired) electrons. The fourth-order valence-corrected chi connectivity index (χ4v) is 3.76. The molecule has 0 aliphatic carbocycles. The van der Waals surface area contributed by atoms with Crippen LogP contribution in [0.1, 0.15) is 43.9 Å². The van der Waals surface area contributed by atoms with Crippen molar-refractivity contribution in [2.45, 2.75) is 44.8 Å². The van der Waals surface area contributed by atoms with Gasteiger partial charge in [0.15, 0.2) is 0 Å². The smallest absolute Gasteiger partial charge is 0.0778 e. The van der Waals surface area contributed by atoms with Crippen LogP contribution in [-0.4, -0.2) is 17.0 Å². The first-order valence-corrected chi connectivity index (χ1v) is 9.06. The van der Waals surface area contributed by atoms with E-state index in [2.05, 4.69) is 37.4 Å². The number of para-hydroxylation sites is 1. The number of hydrogen-bond acceptors (Lipinski definition) is 3. The number of unbranched alkanes of at least 4 members (excludes halogenated alkanes) is 3. The van der Waals surface area contributed by atoms with Crippen LogP contribution in [0, 0.1) is 0 Å². The van der Waals surface area contributed by atoms with Crippen LogP contribution in [0.15, 0.2) is 29.3 Å². The summed E-state index contributed by atoms with van der Waals surface area (Å²) < 4.78 is 0. The van der Waals surface area contributed by atoms with Crippen molar-refractivity contribution < 1.29 is 0 Å². The van der Waals surface area contributed by atoms with Crippen LogP contribution in [0.3, 0.4) is 0 Å². The van der Waals surface area contributed by atoms with Crippen molar-refractivity contribution in [1.82, 2.24) is 4.98 Å². The Morgan fingerprint density at radius 3 is 3.10 bits per heavy atom. The van der Waals surface area contributed by atoms with Crippen molar-refractivity contribution in [2.75, 3.05) is 5.75 Å². The van der Waals surface area contributed by atoms with Gasteiger partial charge in [0.05, 0.1) is 11.2 Å². The first-order chi connectivity index (χ1) is 10.4. The Morgan fingerprint density at radius 2 is 2.19 bits per heavy atom. The van der Waals surface area contributed by atoms with Gasteiger partial charge in [-0.3, -0.25) is 9.98 Å². The van der Waals surface area contributed by atoms with E-state index in [0.717, 1.165) is 24.1 Å². The van der Waals surface area contributed by atoms with Crippen molar-refractivity contribution >= 4 is 34.6 Å². The molecule has 0 amide bonds. The molecule has 0 spiro atoms. The number of pyridine rings is 1. The van der Waals surface area contributed by atoms with E-state index in [9.17, 15) is 0 Å². The lowest BCUT2D eigenvalue weighted by atomic mass is 10.1. The summed E-state index contributed by atoms with van der Waals surface area (Å²) in [6.45, 7) is 2.24. The zero-order valence-electron chi connectivity index (χ0n) is 12.6. The highest BCUT2D eigenvalue weighted by molar-refractivity contribution is 7.98. The van der Waals surface area contributed by atoms with Gasteiger partial charge < -0.3 is 0 Å². The third kappa shape index (κ3) is 3.29. The second-order valence-corrected chi connectivity index (χ2v) is 6.62. The molecule has 0 atom stereocenters. The van der Waals surface area contributed by atoms with E-state index in [1.54, 1.807) is 0 Å². The topological polar surface area (TPSA) is 25.2 Å². The van der Waals surface area contributed by atoms with Crippen molar-refractivity contribution in [2.24, 2.45) is 4.99 Å². The highest BCUT2D eigenvalue weighted by Crippen LogP contribution is 2.36. The standard InChI is InChI=1S/C18H22N2S/c1-2-3-4-7-11-19-18-14-8-5-6-9-16(14)20-17-10-12-21-13-15(17)18/h5-6,8-9,11H,2-4,7,10,12-13H2,1H3/b19-11-. The summed E-state index contributed by atoms with van der Waals surface area (Å²) in [5.41, 5.74) is 4.87. The van der Waals surface area contributed by atoms with Crippen molar-refractivity contribution in [3.8, 4) is 0 Å². The van der Waals surface area contributed by atoms with Crippen LogP contribution < -0.4 is 0 Å². The zero-order valence-corrected chi connectivity index (χ0v) is 13.5. The van der Waals surface area contributed by atoms with Gasteiger partial charge in [-0.2, -0.15) is 11.8 Å². The van der Waals surface area contributed by atoms with E-state index in [1.165, 1.54) is 47.3 Å². The van der Waals surface area contributed by atoms with Gasteiger partial charge in [-0.1, -0.05) is 38.0 Å². The summed E-state index contributed by atoms with van der Waals surface area (Å²) in [5, 5.41) is 1.20. The molecule has 0 fully saturated rings. The molecule has 0 N–H and O–H groups in total. The summed E-state index contributed by atoms with van der Waals surface area (Å²) in [6.07, 6.45) is 8.04. The van der Waals surface area contributed by atoms with Crippen LogP contribution in [0.4, 0.5) is 5.69 Å². The van der Waals surface area contributed by atoms with Crippen LogP contribution >= 0.6 is 11.8 Å². The second-order valence-electron chi connectivity index (χ2n) is 5.51. The van der Waals surface area contributed by atoms with Crippen LogP contribution in [-0.2, 0) is 12.2 Å². The molecule has 0 unspecified atom stereocenters. The molecule has 1 aromatic carbocycles. The Morgan fingerprint density at radius 1 is 1.29 bits per heavy atom. The zero-order chi connectivity index (χ0) is 14.5. The Kier molecular flexibility index (Phi) is 4.91. The largest absolute Gasteiger partial charge is 0.260 e. The maximum absolute atomic E-state index is 4.85. The average molecular weight is 298 g/mol. The number of rotatable bonds is 5. The van der Waals surface area contributed by atoms with Gasteiger partial charge in [0.1, 0.15) is 0 Å². The number of aryl methyl sites for hydroxylation is 1. The number of aromatic nitrogens is 1. The van der Waals surface area contributed by atoms with Crippen molar-refractivity contribution in [3.05, 3.63) is 35.5 Å². The molecule has 3 heteroatoms. The fraction of sp³-hybridized carbons (Fsp3) is 0.444. The van der Waals surface area contributed by atoms with E-state index in [0.29, 0.717) is 0 Å². The normalized spacial score (nSPS) is 14.7. The molecule has 2 heterocycles. The Bertz CT molecular complexity index is 649. The highest BCUT2D eigenvalue weighted by Gasteiger charge is 2.17. The monoisotopic (exact) mass is 298 g/mol. The maximum atomic E-state index is 4.85. The summed E-state index contributed by atoms with van der Waals surface area (Å²) >= 11 is 1.99. The van der Waals surface area contributed by atoms with E-state index in [1.807, 2.05) is 11.8 Å². The quantitative estimate of drug-likeness (QED) is 0.552. The van der Waals surface area contributed by atoms with Crippen molar-refractivity contribution in [1.29, 1.82) is 0 Å². The van der Waals surface area contributed by atoms with Crippen LogP contribution in [0.2, 0.25) is 0 Å². The molecule has 110 valence electrons. The number of benzene rings is 1. The molecular formula is C18H22N2S. The lowest BCUT2D eigenvalue weighted by Gasteiger charge is -2.18. The number of thioether (sulfide) groups is 1. The summed E-state index contributed by atoms with van der Waals surface area (Å²) in [7, 11) is 0. The Hall–Kier alpha value is -1.35.